The molecule has 4 heteroatoms. The molecule has 2 aliphatic rings. The van der Waals surface area contributed by atoms with Gasteiger partial charge in [0.05, 0.1) is 0 Å². The first-order valence-electron chi connectivity index (χ1n) is 9.09. The third-order valence-electron chi connectivity index (χ3n) is 5.35. The molecule has 1 saturated heterocycles. The summed E-state index contributed by atoms with van der Waals surface area (Å²) < 4.78 is 0. The molecule has 0 N–H and O–H groups in total. The number of hydrogen-bond donors (Lipinski definition) is 0. The quantitative estimate of drug-likeness (QED) is 0.837. The molecule has 126 valence electrons. The maximum atomic E-state index is 12.6. The third kappa shape index (κ3) is 3.85. The number of amides is 1. The van der Waals surface area contributed by atoms with E-state index in [0.717, 1.165) is 50.2 Å². The van der Waals surface area contributed by atoms with Crippen LogP contribution in [-0.4, -0.2) is 42.5 Å². The van der Waals surface area contributed by atoms with E-state index in [2.05, 4.69) is 17.0 Å². The first-order chi connectivity index (χ1) is 11.1. The first kappa shape index (κ1) is 16.3. The van der Waals surface area contributed by atoms with Gasteiger partial charge in [-0.2, -0.15) is 0 Å². The van der Waals surface area contributed by atoms with Crippen molar-refractivity contribution in [2.45, 2.75) is 57.4 Å². The molecule has 0 bridgehead atoms. The van der Waals surface area contributed by atoms with Gasteiger partial charge in [-0.15, -0.1) is 0 Å². The highest BCUT2D eigenvalue weighted by Gasteiger charge is 2.34. The number of hydrogen-bond acceptors (Lipinski definition) is 3. The molecule has 1 aromatic rings. The molecule has 1 aliphatic carbocycles. The number of carbonyl (C=O) groups is 1. The summed E-state index contributed by atoms with van der Waals surface area (Å²) in [6.07, 6.45) is 9.03. The van der Waals surface area contributed by atoms with Gasteiger partial charge in [0.25, 0.3) is 0 Å². The van der Waals surface area contributed by atoms with E-state index in [4.69, 9.17) is 4.98 Å². The van der Waals surface area contributed by atoms with Crippen molar-refractivity contribution in [3.05, 3.63) is 23.9 Å². The van der Waals surface area contributed by atoms with Crippen LogP contribution in [0.25, 0.3) is 0 Å². The molecule has 1 unspecified atom stereocenters. The predicted octanol–water partition coefficient (Wildman–Crippen LogP) is 3.26. The molecule has 3 rings (SSSR count). The maximum Gasteiger partial charge on any atom is 0.225 e. The fourth-order valence-electron chi connectivity index (χ4n) is 3.65. The summed E-state index contributed by atoms with van der Waals surface area (Å²) >= 11 is 0. The second-order valence-corrected chi connectivity index (χ2v) is 7.23. The summed E-state index contributed by atoms with van der Waals surface area (Å²) in [6, 6.07) is 6.64. The molecule has 1 saturated carbocycles. The highest BCUT2D eigenvalue weighted by Crippen LogP contribution is 2.31. The molecule has 23 heavy (non-hydrogen) atoms. The Kier molecular flexibility index (Phi) is 5.19. The smallest absolute Gasteiger partial charge is 0.225 e. The monoisotopic (exact) mass is 315 g/mol. The molecule has 0 radical (unpaired) electrons. The van der Waals surface area contributed by atoms with E-state index < -0.39 is 0 Å². The van der Waals surface area contributed by atoms with Crippen LogP contribution in [0.3, 0.4) is 0 Å². The van der Waals surface area contributed by atoms with Crippen molar-refractivity contribution in [3.8, 4) is 0 Å². The lowest BCUT2D eigenvalue weighted by molar-refractivity contribution is -0.142. The molecular formula is C19H29N3O. The third-order valence-corrected chi connectivity index (χ3v) is 5.35. The van der Waals surface area contributed by atoms with Crippen LogP contribution in [0.5, 0.6) is 0 Å². The van der Waals surface area contributed by atoms with Crippen LogP contribution in [0.2, 0.25) is 0 Å². The van der Waals surface area contributed by atoms with Crippen LogP contribution in [0.4, 0.5) is 5.82 Å². The van der Waals surface area contributed by atoms with Crippen molar-refractivity contribution in [1.82, 2.24) is 9.88 Å². The van der Waals surface area contributed by atoms with E-state index in [1.54, 1.807) is 0 Å². The highest BCUT2D eigenvalue weighted by molar-refractivity contribution is 5.80. The van der Waals surface area contributed by atoms with Crippen LogP contribution in [0.15, 0.2) is 18.2 Å². The molecule has 2 fully saturated rings. The van der Waals surface area contributed by atoms with Crippen molar-refractivity contribution in [2.24, 2.45) is 5.92 Å². The Bertz CT molecular complexity index is 539. The standard InChI is InChI=1S/C19H29N3O/c1-21(2)18-11-6-9-16(20-18)12-13-17-10-3-4-14-22(17)19(23)15-7-5-8-15/h6,9,11,15,17H,3-5,7-8,10,12-14H2,1-2H3. The lowest BCUT2D eigenvalue weighted by Gasteiger charge is -2.40. The van der Waals surface area contributed by atoms with E-state index >= 15 is 0 Å². The molecule has 2 heterocycles. The summed E-state index contributed by atoms with van der Waals surface area (Å²) in [7, 11) is 4.04. The zero-order valence-electron chi connectivity index (χ0n) is 14.5. The largest absolute Gasteiger partial charge is 0.363 e. The second kappa shape index (κ2) is 7.33. The lowest BCUT2D eigenvalue weighted by atomic mass is 9.83. The van der Waals surface area contributed by atoms with E-state index in [9.17, 15) is 4.79 Å². The topological polar surface area (TPSA) is 36.4 Å². The lowest BCUT2D eigenvalue weighted by Crippen LogP contribution is -2.48. The number of rotatable bonds is 5. The van der Waals surface area contributed by atoms with Gasteiger partial charge in [0.2, 0.25) is 5.91 Å². The molecule has 4 nitrogen and oxygen atoms in total. The number of pyridine rings is 1. The first-order valence-corrected chi connectivity index (χ1v) is 9.09. The van der Waals surface area contributed by atoms with Crippen LogP contribution in [0.1, 0.15) is 50.6 Å². The van der Waals surface area contributed by atoms with E-state index in [1.165, 1.54) is 19.3 Å². The summed E-state index contributed by atoms with van der Waals surface area (Å²) in [4.78, 5) is 21.6. The normalized spacial score (nSPS) is 21.8. The molecule has 1 amide bonds. The van der Waals surface area contributed by atoms with Gasteiger partial charge in [0.15, 0.2) is 0 Å². The van der Waals surface area contributed by atoms with Crippen molar-refractivity contribution in [3.63, 3.8) is 0 Å². The SMILES string of the molecule is CN(C)c1cccc(CCC2CCCCN2C(=O)C2CCC2)n1. The number of piperidine rings is 1. The molecule has 1 aromatic heterocycles. The number of aryl methyl sites for hydroxylation is 1. The predicted molar refractivity (Wildman–Crippen MR) is 93.6 cm³/mol. The van der Waals surface area contributed by atoms with Gasteiger partial charge in [-0.1, -0.05) is 12.5 Å². The minimum Gasteiger partial charge on any atom is -0.363 e. The Labute approximate surface area is 139 Å². The van der Waals surface area contributed by atoms with Crippen molar-refractivity contribution in [1.29, 1.82) is 0 Å². The summed E-state index contributed by atoms with van der Waals surface area (Å²) in [5.41, 5.74) is 1.14. The Morgan fingerprint density at radius 2 is 2.04 bits per heavy atom. The van der Waals surface area contributed by atoms with Gasteiger partial charge in [-0.25, -0.2) is 4.98 Å². The van der Waals surface area contributed by atoms with Gasteiger partial charge >= 0.3 is 0 Å². The van der Waals surface area contributed by atoms with Gasteiger partial charge in [-0.05, 0) is 57.1 Å². The fourth-order valence-corrected chi connectivity index (χ4v) is 3.65. The molecule has 0 aromatic carbocycles. The van der Waals surface area contributed by atoms with E-state index in [-0.39, 0.29) is 0 Å². The zero-order valence-corrected chi connectivity index (χ0v) is 14.5. The van der Waals surface area contributed by atoms with Crippen molar-refractivity contribution >= 4 is 11.7 Å². The number of carbonyl (C=O) groups excluding carboxylic acids is 1. The van der Waals surface area contributed by atoms with Gasteiger partial charge in [-0.3, -0.25) is 4.79 Å². The van der Waals surface area contributed by atoms with Crippen molar-refractivity contribution < 1.29 is 4.79 Å². The number of anilines is 1. The average molecular weight is 315 g/mol. The van der Waals surface area contributed by atoms with Gasteiger partial charge in [0.1, 0.15) is 5.82 Å². The van der Waals surface area contributed by atoms with Crippen LogP contribution >= 0.6 is 0 Å². The molecule has 1 atom stereocenters. The van der Waals surface area contributed by atoms with E-state index in [0.29, 0.717) is 17.9 Å². The Morgan fingerprint density at radius 1 is 1.22 bits per heavy atom. The van der Waals surface area contributed by atoms with Crippen molar-refractivity contribution in [2.75, 3.05) is 25.5 Å². The minimum atomic E-state index is 0.325. The Morgan fingerprint density at radius 3 is 2.74 bits per heavy atom. The summed E-state index contributed by atoms with van der Waals surface area (Å²) in [5.74, 6) is 1.76. The highest BCUT2D eigenvalue weighted by atomic mass is 16.2. The average Bonchev–Trinajstić information content (AvgIpc) is 2.51. The second-order valence-electron chi connectivity index (χ2n) is 7.23. The number of likely N-dealkylation sites (tertiary alicyclic amines) is 1. The summed E-state index contributed by atoms with van der Waals surface area (Å²) in [5, 5.41) is 0. The fraction of sp³-hybridized carbons (Fsp3) is 0.684. The maximum absolute atomic E-state index is 12.6. The number of nitrogens with zero attached hydrogens (tertiary/aromatic N) is 3. The van der Waals surface area contributed by atoms with Crippen LogP contribution in [-0.2, 0) is 11.2 Å². The molecular weight excluding hydrogens is 286 g/mol. The van der Waals surface area contributed by atoms with Gasteiger partial charge in [0, 0.05) is 38.3 Å². The van der Waals surface area contributed by atoms with Gasteiger partial charge < -0.3 is 9.80 Å². The van der Waals surface area contributed by atoms with Crippen LogP contribution in [0, 0.1) is 5.92 Å². The van der Waals surface area contributed by atoms with E-state index in [1.807, 2.05) is 25.1 Å². The minimum absolute atomic E-state index is 0.325. The Balaban J connectivity index is 1.60. The molecule has 1 aliphatic heterocycles. The number of aromatic nitrogens is 1. The molecule has 0 spiro atoms. The Hall–Kier alpha value is -1.58. The summed E-state index contributed by atoms with van der Waals surface area (Å²) in [6.45, 7) is 0.963. The zero-order chi connectivity index (χ0) is 16.2. The van der Waals surface area contributed by atoms with Crippen LogP contribution < -0.4 is 4.90 Å².